The monoisotopic (exact) mass is 394 g/mol. The minimum absolute atomic E-state index is 0.313. The fourth-order valence-corrected chi connectivity index (χ4v) is 7.57. The highest BCUT2D eigenvalue weighted by Gasteiger charge is 2.49. The Hall–Kier alpha value is -0.960. The minimum atomic E-state index is -3.45. The summed E-state index contributed by atoms with van der Waals surface area (Å²) in [6.45, 7) is 5.11. The molecule has 7 nitrogen and oxygen atoms in total. The van der Waals surface area contributed by atoms with Gasteiger partial charge in [0.1, 0.15) is 0 Å². The molecule has 1 aromatic heterocycles. The van der Waals surface area contributed by atoms with Gasteiger partial charge in [-0.05, 0) is 56.9 Å². The number of fused-ring (bicyclic) bond motifs is 2. The van der Waals surface area contributed by atoms with Crippen molar-refractivity contribution < 1.29 is 13.2 Å². The zero-order valence-corrected chi connectivity index (χ0v) is 17.1. The lowest BCUT2D eigenvalue weighted by Crippen LogP contribution is -2.45. The summed E-state index contributed by atoms with van der Waals surface area (Å²) in [7, 11) is -1.74. The number of hydrogen-bond donors (Lipinski definition) is 0. The molecular weight excluding hydrogens is 364 g/mol. The topological polar surface area (TPSA) is 67.7 Å². The van der Waals surface area contributed by atoms with E-state index in [1.807, 2.05) is 6.92 Å². The largest absolute Gasteiger partial charge is 0.375 e. The first-order valence-corrected chi connectivity index (χ1v) is 11.7. The summed E-state index contributed by atoms with van der Waals surface area (Å²) in [6, 6.07) is 2.98. The van der Waals surface area contributed by atoms with E-state index in [-0.39, 0.29) is 0 Å². The van der Waals surface area contributed by atoms with Crippen molar-refractivity contribution >= 4 is 10.0 Å². The molecule has 5 rings (SSSR count). The van der Waals surface area contributed by atoms with Crippen LogP contribution in [0, 0.1) is 12.3 Å². The second-order valence-corrected chi connectivity index (χ2v) is 11.0. The second kappa shape index (κ2) is 6.27. The van der Waals surface area contributed by atoms with Crippen molar-refractivity contribution in [2.24, 2.45) is 12.5 Å². The van der Waals surface area contributed by atoms with Crippen molar-refractivity contribution in [3.05, 3.63) is 11.8 Å². The molecule has 1 aromatic rings. The highest BCUT2D eigenvalue weighted by atomic mass is 32.2. The van der Waals surface area contributed by atoms with Crippen LogP contribution in [0.15, 0.2) is 11.1 Å². The maximum Gasteiger partial charge on any atom is 0.260 e. The van der Waals surface area contributed by atoms with Crippen LogP contribution >= 0.6 is 0 Å². The molecule has 2 bridgehead atoms. The van der Waals surface area contributed by atoms with E-state index in [4.69, 9.17) is 4.74 Å². The normalized spacial score (nSPS) is 34.1. The number of hydrogen-bond acceptors (Lipinski definition) is 5. The van der Waals surface area contributed by atoms with Gasteiger partial charge in [0, 0.05) is 38.8 Å². The van der Waals surface area contributed by atoms with Gasteiger partial charge in [0.25, 0.3) is 10.0 Å². The van der Waals surface area contributed by atoms with Gasteiger partial charge < -0.3 is 4.74 Å². The van der Waals surface area contributed by atoms with Crippen molar-refractivity contribution in [2.75, 3.05) is 26.2 Å². The summed E-state index contributed by atoms with van der Waals surface area (Å²) < 4.78 is 35.0. The van der Waals surface area contributed by atoms with Gasteiger partial charge in [0.15, 0.2) is 5.03 Å². The van der Waals surface area contributed by atoms with Crippen LogP contribution in [0.2, 0.25) is 0 Å². The van der Waals surface area contributed by atoms with E-state index < -0.39 is 10.0 Å². The zero-order valence-electron chi connectivity index (χ0n) is 16.3. The molecule has 3 aliphatic heterocycles. The highest BCUT2D eigenvalue weighted by Crippen LogP contribution is 2.49. The van der Waals surface area contributed by atoms with Crippen LogP contribution in [-0.4, -0.2) is 71.8 Å². The Morgan fingerprint density at radius 1 is 1.22 bits per heavy atom. The molecule has 3 saturated heterocycles. The van der Waals surface area contributed by atoms with E-state index in [1.165, 1.54) is 30.4 Å². The molecule has 150 valence electrons. The van der Waals surface area contributed by atoms with E-state index in [2.05, 4.69) is 10.00 Å². The Kier molecular flexibility index (Phi) is 4.20. The van der Waals surface area contributed by atoms with Crippen molar-refractivity contribution in [3.8, 4) is 0 Å². The molecule has 1 saturated carbocycles. The third-order valence-corrected chi connectivity index (χ3v) is 9.39. The van der Waals surface area contributed by atoms with Gasteiger partial charge in [0.05, 0.1) is 18.4 Å². The predicted molar refractivity (Wildman–Crippen MR) is 101 cm³/mol. The van der Waals surface area contributed by atoms with E-state index in [1.54, 1.807) is 17.4 Å². The Morgan fingerprint density at radius 3 is 2.59 bits per heavy atom. The molecule has 4 heterocycles. The number of aromatic nitrogens is 2. The number of morpholine rings is 1. The lowest BCUT2D eigenvalue weighted by molar-refractivity contribution is 0.00873. The van der Waals surface area contributed by atoms with Crippen molar-refractivity contribution in [2.45, 2.75) is 68.7 Å². The quantitative estimate of drug-likeness (QED) is 0.778. The maximum absolute atomic E-state index is 13.0. The molecule has 1 aliphatic carbocycles. The summed E-state index contributed by atoms with van der Waals surface area (Å²) in [6.07, 6.45) is 7.37. The minimum Gasteiger partial charge on any atom is -0.375 e. The molecule has 0 unspecified atom stereocenters. The number of aryl methyl sites for hydroxylation is 2. The van der Waals surface area contributed by atoms with Gasteiger partial charge in [-0.3, -0.25) is 9.58 Å². The number of ether oxygens (including phenoxy) is 1. The predicted octanol–water partition coefficient (Wildman–Crippen LogP) is 1.53. The fourth-order valence-electron chi connectivity index (χ4n) is 5.95. The Bertz CT molecular complexity index is 828. The van der Waals surface area contributed by atoms with Gasteiger partial charge in [0.2, 0.25) is 0 Å². The molecule has 0 N–H and O–H groups in total. The number of piperidine rings is 1. The molecule has 27 heavy (non-hydrogen) atoms. The molecule has 8 heteroatoms. The SMILES string of the molecule is Cc1cc(S(=O)(=O)N2CCC3(CC[C@@H](N4C[C@@H]5C[C@H]4CO5)C3)CC2)n(C)n1. The van der Waals surface area contributed by atoms with E-state index in [0.717, 1.165) is 31.7 Å². The van der Waals surface area contributed by atoms with Gasteiger partial charge in [-0.15, -0.1) is 0 Å². The summed E-state index contributed by atoms with van der Waals surface area (Å²) in [5.41, 5.74) is 1.08. The van der Waals surface area contributed by atoms with Crippen LogP contribution in [0.4, 0.5) is 0 Å². The second-order valence-electron chi connectivity index (χ2n) is 9.09. The molecule has 1 spiro atoms. The van der Waals surface area contributed by atoms with Crippen LogP contribution in [0.25, 0.3) is 0 Å². The van der Waals surface area contributed by atoms with Crippen LogP contribution in [0.3, 0.4) is 0 Å². The lowest BCUT2D eigenvalue weighted by atomic mass is 9.77. The average molecular weight is 395 g/mol. The van der Waals surface area contributed by atoms with Gasteiger partial charge in [-0.25, -0.2) is 8.42 Å². The van der Waals surface area contributed by atoms with Gasteiger partial charge >= 0.3 is 0 Å². The lowest BCUT2D eigenvalue weighted by Gasteiger charge is -2.40. The summed E-state index contributed by atoms with van der Waals surface area (Å²) >= 11 is 0. The number of rotatable bonds is 3. The summed E-state index contributed by atoms with van der Waals surface area (Å²) in [5.74, 6) is 0. The smallest absolute Gasteiger partial charge is 0.260 e. The zero-order chi connectivity index (χ0) is 18.8. The Morgan fingerprint density at radius 2 is 2.00 bits per heavy atom. The van der Waals surface area contributed by atoms with Crippen molar-refractivity contribution in [1.29, 1.82) is 0 Å². The third-order valence-electron chi connectivity index (χ3n) is 7.43. The maximum atomic E-state index is 13.0. The van der Waals surface area contributed by atoms with Crippen LogP contribution in [0.1, 0.15) is 44.2 Å². The Labute approximate surface area is 161 Å². The van der Waals surface area contributed by atoms with Crippen LogP contribution in [-0.2, 0) is 21.8 Å². The molecule has 4 fully saturated rings. The van der Waals surface area contributed by atoms with Gasteiger partial charge in [-0.1, -0.05) is 0 Å². The van der Waals surface area contributed by atoms with E-state index in [9.17, 15) is 8.42 Å². The molecule has 4 aliphatic rings. The van der Waals surface area contributed by atoms with Gasteiger partial charge in [-0.2, -0.15) is 9.40 Å². The van der Waals surface area contributed by atoms with E-state index in [0.29, 0.717) is 41.7 Å². The first-order valence-electron chi connectivity index (χ1n) is 10.2. The molecule has 3 atom stereocenters. The number of sulfonamides is 1. The first kappa shape index (κ1) is 18.1. The van der Waals surface area contributed by atoms with Crippen LogP contribution in [0.5, 0.6) is 0 Å². The number of nitrogens with zero attached hydrogens (tertiary/aromatic N) is 4. The van der Waals surface area contributed by atoms with Crippen molar-refractivity contribution in [3.63, 3.8) is 0 Å². The molecular formula is C19H30N4O3S. The summed E-state index contributed by atoms with van der Waals surface area (Å²) in [4.78, 5) is 2.70. The van der Waals surface area contributed by atoms with Crippen LogP contribution < -0.4 is 0 Å². The molecule has 0 aromatic carbocycles. The summed E-state index contributed by atoms with van der Waals surface area (Å²) in [5, 5.41) is 4.52. The third kappa shape index (κ3) is 2.96. The Balaban J connectivity index is 1.25. The van der Waals surface area contributed by atoms with E-state index >= 15 is 0 Å². The first-order chi connectivity index (χ1) is 12.9. The number of likely N-dealkylation sites (tertiary alicyclic amines) is 1. The molecule has 0 radical (unpaired) electrons. The van der Waals surface area contributed by atoms with Crippen molar-refractivity contribution in [1.82, 2.24) is 19.0 Å². The highest BCUT2D eigenvalue weighted by molar-refractivity contribution is 7.89. The fraction of sp³-hybridized carbons (Fsp3) is 0.842. The molecule has 0 amide bonds. The standard InChI is InChI=1S/C19H30N4O3S/c1-14-9-18(21(2)20-14)27(24,25)22-7-5-19(6-8-22)4-3-15(11-19)23-12-17-10-16(23)13-26-17/h9,15-17H,3-8,10-13H2,1-2H3/t15-,16+,17+/m1/s1. The average Bonchev–Trinajstić information content (AvgIpc) is 3.40.